The van der Waals surface area contributed by atoms with Crippen molar-refractivity contribution in [2.45, 2.75) is 6.92 Å². The topological polar surface area (TPSA) is 41.4 Å². The molecule has 2 heterocycles. The van der Waals surface area contributed by atoms with Gasteiger partial charge in [-0.05, 0) is 19.1 Å². The number of rotatable bonds is 2. The highest BCUT2D eigenvalue weighted by Gasteiger charge is 2.29. The highest BCUT2D eigenvalue weighted by atomic mass is 16.2. The van der Waals surface area contributed by atoms with Gasteiger partial charge in [-0.15, -0.1) is 0 Å². The summed E-state index contributed by atoms with van der Waals surface area (Å²) in [7, 11) is 1.91. The van der Waals surface area contributed by atoms with E-state index in [2.05, 4.69) is 5.10 Å². The van der Waals surface area contributed by atoms with E-state index in [-0.39, 0.29) is 6.03 Å². The van der Waals surface area contributed by atoms with Crippen molar-refractivity contribution in [2.75, 3.05) is 24.5 Å². The highest BCUT2D eigenvalue weighted by Crippen LogP contribution is 2.28. The molecule has 1 aromatic heterocycles. The maximum Gasteiger partial charge on any atom is 0.324 e. The summed E-state index contributed by atoms with van der Waals surface area (Å²) in [6.45, 7) is 4.32. The average molecular weight is 244 g/mol. The molecule has 94 valence electrons. The van der Waals surface area contributed by atoms with Crippen LogP contribution in [0.4, 0.5) is 10.5 Å². The first-order valence-electron chi connectivity index (χ1n) is 6.19. The van der Waals surface area contributed by atoms with Gasteiger partial charge in [0, 0.05) is 32.1 Å². The molecule has 0 saturated carbocycles. The van der Waals surface area contributed by atoms with E-state index >= 15 is 0 Å². The van der Waals surface area contributed by atoms with E-state index < -0.39 is 0 Å². The molecular formula is C13H16N4O. The monoisotopic (exact) mass is 244 g/mol. The molecule has 5 heteroatoms. The molecule has 0 N–H and O–H groups in total. The predicted octanol–water partition coefficient (Wildman–Crippen LogP) is 1.84. The number of carbonyl (C=O) groups excluding carboxylic acids is 1. The largest absolute Gasteiger partial charge is 0.324 e. The lowest BCUT2D eigenvalue weighted by Gasteiger charge is -2.18. The Morgan fingerprint density at radius 1 is 1.33 bits per heavy atom. The lowest BCUT2D eigenvalue weighted by molar-refractivity contribution is 0.223. The molecule has 0 bridgehead atoms. The van der Waals surface area contributed by atoms with Crippen molar-refractivity contribution >= 4 is 22.6 Å². The van der Waals surface area contributed by atoms with Crippen LogP contribution in [0.5, 0.6) is 0 Å². The van der Waals surface area contributed by atoms with Crippen molar-refractivity contribution in [1.82, 2.24) is 14.7 Å². The van der Waals surface area contributed by atoms with Crippen molar-refractivity contribution in [3.8, 4) is 0 Å². The van der Waals surface area contributed by atoms with E-state index in [9.17, 15) is 4.79 Å². The van der Waals surface area contributed by atoms with Crippen molar-refractivity contribution in [3.05, 3.63) is 24.4 Å². The summed E-state index contributed by atoms with van der Waals surface area (Å²) < 4.78 is 1.83. The number of fused-ring (bicyclic) bond motifs is 1. The van der Waals surface area contributed by atoms with Gasteiger partial charge in [-0.25, -0.2) is 4.79 Å². The van der Waals surface area contributed by atoms with Crippen LogP contribution < -0.4 is 4.90 Å². The zero-order valence-corrected chi connectivity index (χ0v) is 10.6. The second kappa shape index (κ2) is 4.01. The minimum absolute atomic E-state index is 0.0915. The molecule has 2 amide bonds. The zero-order chi connectivity index (χ0) is 12.7. The van der Waals surface area contributed by atoms with Crippen LogP contribution in [0.3, 0.4) is 0 Å². The number of aromatic nitrogens is 2. The fraction of sp³-hybridized carbons (Fsp3) is 0.385. The van der Waals surface area contributed by atoms with Crippen molar-refractivity contribution in [3.63, 3.8) is 0 Å². The number of urea groups is 1. The number of anilines is 1. The third kappa shape index (κ3) is 1.47. The van der Waals surface area contributed by atoms with E-state index in [1.807, 2.05) is 52.8 Å². The summed E-state index contributed by atoms with van der Waals surface area (Å²) in [4.78, 5) is 15.9. The lowest BCUT2D eigenvalue weighted by Crippen LogP contribution is -2.31. The molecule has 1 saturated heterocycles. The number of carbonyl (C=O) groups is 1. The molecule has 3 rings (SSSR count). The van der Waals surface area contributed by atoms with E-state index in [4.69, 9.17) is 0 Å². The lowest BCUT2D eigenvalue weighted by atomic mass is 10.2. The number of amides is 2. The van der Waals surface area contributed by atoms with Crippen LogP contribution in [0, 0.1) is 0 Å². The molecule has 0 radical (unpaired) electrons. The predicted molar refractivity (Wildman–Crippen MR) is 70.7 cm³/mol. The van der Waals surface area contributed by atoms with E-state index in [0.717, 1.165) is 36.2 Å². The quantitative estimate of drug-likeness (QED) is 0.808. The van der Waals surface area contributed by atoms with Gasteiger partial charge in [-0.3, -0.25) is 9.58 Å². The van der Waals surface area contributed by atoms with Gasteiger partial charge in [0.15, 0.2) is 0 Å². The smallest absolute Gasteiger partial charge is 0.323 e. The van der Waals surface area contributed by atoms with Gasteiger partial charge < -0.3 is 4.90 Å². The van der Waals surface area contributed by atoms with Gasteiger partial charge in [0.25, 0.3) is 0 Å². The van der Waals surface area contributed by atoms with Crippen molar-refractivity contribution in [1.29, 1.82) is 0 Å². The van der Waals surface area contributed by atoms with Gasteiger partial charge in [0.1, 0.15) is 0 Å². The highest BCUT2D eigenvalue weighted by molar-refractivity contribution is 6.03. The van der Waals surface area contributed by atoms with Crippen LogP contribution in [0.15, 0.2) is 24.4 Å². The maximum absolute atomic E-state index is 12.2. The van der Waals surface area contributed by atoms with Gasteiger partial charge in [0.05, 0.1) is 17.4 Å². The Morgan fingerprint density at radius 3 is 2.89 bits per heavy atom. The minimum Gasteiger partial charge on any atom is -0.323 e. The Balaban J connectivity index is 2.08. The van der Waals surface area contributed by atoms with Crippen molar-refractivity contribution in [2.24, 2.45) is 7.05 Å². The first kappa shape index (κ1) is 11.1. The second-order valence-corrected chi connectivity index (χ2v) is 4.49. The van der Waals surface area contributed by atoms with E-state index in [1.165, 1.54) is 0 Å². The van der Waals surface area contributed by atoms with Crippen LogP contribution in [-0.4, -0.2) is 40.3 Å². The van der Waals surface area contributed by atoms with Crippen LogP contribution in [0.25, 0.3) is 10.9 Å². The third-order valence-electron chi connectivity index (χ3n) is 3.54. The van der Waals surface area contributed by atoms with E-state index in [0.29, 0.717) is 0 Å². The Morgan fingerprint density at radius 2 is 2.17 bits per heavy atom. The molecule has 1 aliphatic heterocycles. The van der Waals surface area contributed by atoms with Crippen LogP contribution in [0.1, 0.15) is 6.92 Å². The van der Waals surface area contributed by atoms with Gasteiger partial charge in [-0.2, -0.15) is 5.10 Å². The fourth-order valence-electron chi connectivity index (χ4n) is 2.50. The molecule has 1 aromatic carbocycles. The minimum atomic E-state index is 0.0915. The summed E-state index contributed by atoms with van der Waals surface area (Å²) in [6.07, 6.45) is 1.83. The molecular weight excluding hydrogens is 228 g/mol. The normalized spacial score (nSPS) is 16.0. The molecule has 5 nitrogen and oxygen atoms in total. The summed E-state index contributed by atoms with van der Waals surface area (Å²) in [5.74, 6) is 0. The zero-order valence-electron chi connectivity index (χ0n) is 10.6. The van der Waals surface area contributed by atoms with Gasteiger partial charge >= 0.3 is 6.03 Å². The molecule has 0 atom stereocenters. The number of likely N-dealkylation sites (N-methyl/N-ethyl adjacent to an activating group) is 1. The number of benzene rings is 1. The summed E-state index contributed by atoms with van der Waals surface area (Å²) in [5, 5.41) is 5.29. The molecule has 0 aliphatic carbocycles. The first-order chi connectivity index (χ1) is 8.72. The molecule has 1 aliphatic rings. The third-order valence-corrected chi connectivity index (χ3v) is 3.54. The Kier molecular flexibility index (Phi) is 2.47. The standard InChI is InChI=1S/C13H16N4O/c1-3-16-7-8-17(13(16)18)12-6-4-5-11-10(12)9-14-15(11)2/h4-6,9H,3,7-8H2,1-2H3. The molecule has 18 heavy (non-hydrogen) atoms. The number of aryl methyl sites for hydroxylation is 1. The summed E-state index contributed by atoms with van der Waals surface area (Å²) in [6, 6.07) is 6.07. The van der Waals surface area contributed by atoms with Crippen LogP contribution in [0.2, 0.25) is 0 Å². The molecule has 0 unspecified atom stereocenters. The van der Waals surface area contributed by atoms with Crippen molar-refractivity contribution < 1.29 is 4.79 Å². The average Bonchev–Trinajstić information content (AvgIpc) is 2.93. The first-order valence-corrected chi connectivity index (χ1v) is 6.19. The Hall–Kier alpha value is -2.04. The number of nitrogens with zero attached hydrogens (tertiary/aromatic N) is 4. The Labute approximate surface area is 106 Å². The number of hydrogen-bond donors (Lipinski definition) is 0. The van der Waals surface area contributed by atoms with E-state index in [1.54, 1.807) is 0 Å². The number of hydrogen-bond acceptors (Lipinski definition) is 2. The SMILES string of the molecule is CCN1CCN(c2cccc3c2cnn3C)C1=O. The Bertz CT molecular complexity index is 604. The molecule has 1 fully saturated rings. The summed E-state index contributed by atoms with van der Waals surface area (Å²) in [5.41, 5.74) is 2.01. The molecule has 0 spiro atoms. The van der Waals surface area contributed by atoms with Gasteiger partial charge in [-0.1, -0.05) is 6.07 Å². The maximum atomic E-state index is 12.2. The van der Waals surface area contributed by atoms with Crippen LogP contribution in [-0.2, 0) is 7.05 Å². The van der Waals surface area contributed by atoms with Crippen LogP contribution >= 0.6 is 0 Å². The molecule has 2 aromatic rings. The second-order valence-electron chi connectivity index (χ2n) is 4.49. The summed E-state index contributed by atoms with van der Waals surface area (Å²) >= 11 is 0. The van der Waals surface area contributed by atoms with Gasteiger partial charge in [0.2, 0.25) is 0 Å². The fourth-order valence-corrected chi connectivity index (χ4v) is 2.50.